The number of nitrogens with one attached hydrogen (secondary N) is 2. The van der Waals surface area contributed by atoms with Crippen molar-refractivity contribution in [1.82, 2.24) is 20.0 Å². The van der Waals surface area contributed by atoms with Crippen LogP contribution >= 0.6 is 0 Å². The van der Waals surface area contributed by atoms with E-state index < -0.39 is 17.8 Å². The Hall–Kier alpha value is -2.32. The quantitative estimate of drug-likeness (QED) is 0.905. The predicted molar refractivity (Wildman–Crippen MR) is 63.9 cm³/mol. The van der Waals surface area contributed by atoms with Gasteiger partial charge in [0.05, 0.1) is 17.6 Å². The fraction of sp³-hybridized carbons (Fsp3) is 0.364. The predicted octanol–water partition coefficient (Wildman–Crippen LogP) is 1.88. The zero-order valence-electron chi connectivity index (χ0n) is 10.7. The van der Waals surface area contributed by atoms with Crippen molar-refractivity contribution in [2.45, 2.75) is 26.6 Å². The number of aryl methyl sites for hydroxylation is 2. The van der Waals surface area contributed by atoms with Gasteiger partial charge in [-0.15, -0.1) is 0 Å². The molecule has 0 aliphatic heterocycles. The molecule has 6 nitrogen and oxygen atoms in total. The highest BCUT2D eigenvalue weighted by Crippen LogP contribution is 2.34. The lowest BCUT2D eigenvalue weighted by molar-refractivity contribution is -0.140. The second-order valence-corrected chi connectivity index (χ2v) is 4.33. The van der Waals surface area contributed by atoms with Crippen LogP contribution in [0.5, 0.6) is 0 Å². The Morgan fingerprint density at radius 1 is 1.45 bits per heavy atom. The van der Waals surface area contributed by atoms with E-state index in [1.54, 1.807) is 19.3 Å². The summed E-state index contributed by atoms with van der Waals surface area (Å²) in [6.07, 6.45) is -1.46. The van der Waals surface area contributed by atoms with E-state index in [1.807, 2.05) is 0 Å². The van der Waals surface area contributed by atoms with Crippen LogP contribution in [0.3, 0.4) is 0 Å². The first-order chi connectivity index (χ1) is 9.27. The molecule has 2 rings (SSSR count). The fourth-order valence-corrected chi connectivity index (χ4v) is 1.67. The maximum atomic E-state index is 12.7. The molecule has 0 fully saturated rings. The number of carbonyl (C=O) groups excluding carboxylic acids is 1. The summed E-state index contributed by atoms with van der Waals surface area (Å²) in [5.41, 5.74) is -0.498. The third kappa shape index (κ3) is 2.98. The van der Waals surface area contributed by atoms with Gasteiger partial charge in [0.1, 0.15) is 6.54 Å². The monoisotopic (exact) mass is 287 g/mol. The maximum absolute atomic E-state index is 12.7. The lowest BCUT2D eigenvalue weighted by Crippen LogP contribution is -2.21. The molecule has 20 heavy (non-hydrogen) atoms. The third-order valence-electron chi connectivity index (χ3n) is 2.55. The van der Waals surface area contributed by atoms with Gasteiger partial charge in [0.2, 0.25) is 5.91 Å². The first-order valence-corrected chi connectivity index (χ1v) is 5.68. The zero-order valence-corrected chi connectivity index (χ0v) is 10.7. The highest BCUT2D eigenvalue weighted by Gasteiger charge is 2.38. The van der Waals surface area contributed by atoms with Gasteiger partial charge in [-0.25, -0.2) is 0 Å². The average molecular weight is 287 g/mol. The molecule has 0 aliphatic rings. The van der Waals surface area contributed by atoms with E-state index in [1.165, 1.54) is 11.6 Å². The van der Waals surface area contributed by atoms with Crippen molar-refractivity contribution in [3.8, 4) is 0 Å². The lowest BCUT2D eigenvalue weighted by atomic mass is 10.3. The van der Waals surface area contributed by atoms with Crippen LogP contribution in [0.15, 0.2) is 12.4 Å². The van der Waals surface area contributed by atoms with E-state index in [0.717, 1.165) is 5.56 Å². The third-order valence-corrected chi connectivity index (χ3v) is 2.55. The molecule has 0 unspecified atom stereocenters. The Bertz CT molecular complexity index is 628. The van der Waals surface area contributed by atoms with E-state index >= 15 is 0 Å². The Kier molecular flexibility index (Phi) is 3.51. The SMILES string of the molecule is Cc1cnn(CC(=O)Nc2c(C(F)(F)F)n[nH]c2C)c1. The van der Waals surface area contributed by atoms with Crippen LogP contribution in [0.4, 0.5) is 18.9 Å². The Balaban J connectivity index is 2.14. The van der Waals surface area contributed by atoms with Gasteiger partial charge in [-0.3, -0.25) is 14.6 Å². The van der Waals surface area contributed by atoms with Crippen LogP contribution in [-0.2, 0) is 17.5 Å². The number of H-pyrrole nitrogens is 1. The Labute approximate surface area is 112 Å². The van der Waals surface area contributed by atoms with Gasteiger partial charge in [0.15, 0.2) is 5.69 Å². The molecule has 0 spiro atoms. The Morgan fingerprint density at radius 3 is 2.70 bits per heavy atom. The van der Waals surface area contributed by atoms with Gasteiger partial charge < -0.3 is 5.32 Å². The minimum atomic E-state index is -4.63. The largest absolute Gasteiger partial charge is 0.437 e. The van der Waals surface area contributed by atoms with E-state index in [2.05, 4.69) is 20.6 Å². The number of rotatable bonds is 3. The van der Waals surface area contributed by atoms with Crippen LogP contribution in [0.2, 0.25) is 0 Å². The Morgan fingerprint density at radius 2 is 2.15 bits per heavy atom. The molecule has 108 valence electrons. The zero-order chi connectivity index (χ0) is 14.9. The number of halogens is 3. The standard InChI is InChI=1S/C11H12F3N5O/c1-6-3-15-19(4-6)5-8(20)16-9-7(2)17-18-10(9)11(12,13)14/h3-4H,5H2,1-2H3,(H,16,20)(H,17,18). The van der Waals surface area contributed by atoms with E-state index in [4.69, 9.17) is 0 Å². The number of nitrogens with zero attached hydrogens (tertiary/aromatic N) is 3. The minimum absolute atomic E-state index is 0.141. The van der Waals surface area contributed by atoms with E-state index in [9.17, 15) is 18.0 Å². The number of aromatic amines is 1. The first-order valence-electron chi connectivity index (χ1n) is 5.68. The van der Waals surface area contributed by atoms with Crippen molar-refractivity contribution >= 4 is 11.6 Å². The average Bonchev–Trinajstić information content (AvgIpc) is 2.86. The molecule has 0 saturated carbocycles. The van der Waals surface area contributed by atoms with Crippen LogP contribution in [-0.4, -0.2) is 25.9 Å². The molecule has 0 saturated heterocycles. The first kappa shape index (κ1) is 14.1. The second-order valence-electron chi connectivity index (χ2n) is 4.33. The fourth-order valence-electron chi connectivity index (χ4n) is 1.67. The summed E-state index contributed by atoms with van der Waals surface area (Å²) in [5.74, 6) is -0.608. The van der Waals surface area contributed by atoms with Gasteiger partial charge in [0.25, 0.3) is 0 Å². The molecule has 2 heterocycles. The van der Waals surface area contributed by atoms with Crippen molar-refractivity contribution in [2.75, 3.05) is 5.32 Å². The van der Waals surface area contributed by atoms with Crippen LogP contribution in [0.1, 0.15) is 17.0 Å². The summed E-state index contributed by atoms with van der Waals surface area (Å²) in [6, 6.07) is 0. The molecule has 2 N–H and O–H groups in total. The number of amides is 1. The number of anilines is 1. The molecule has 0 aromatic carbocycles. The molecule has 0 atom stereocenters. The maximum Gasteiger partial charge on any atom is 0.437 e. The van der Waals surface area contributed by atoms with Gasteiger partial charge in [-0.05, 0) is 19.4 Å². The molecule has 0 radical (unpaired) electrons. The number of aromatic nitrogens is 4. The van der Waals surface area contributed by atoms with E-state index in [-0.39, 0.29) is 17.9 Å². The molecular formula is C11H12F3N5O. The van der Waals surface area contributed by atoms with Gasteiger partial charge in [-0.2, -0.15) is 23.4 Å². The molecule has 2 aromatic heterocycles. The number of alkyl halides is 3. The summed E-state index contributed by atoms with van der Waals surface area (Å²) in [6.45, 7) is 3.02. The molecule has 9 heteroatoms. The summed E-state index contributed by atoms with van der Waals surface area (Å²) >= 11 is 0. The smallest absolute Gasteiger partial charge is 0.321 e. The highest BCUT2D eigenvalue weighted by atomic mass is 19.4. The molecule has 0 aliphatic carbocycles. The minimum Gasteiger partial charge on any atom is -0.321 e. The lowest BCUT2D eigenvalue weighted by Gasteiger charge is -2.09. The highest BCUT2D eigenvalue weighted by molar-refractivity contribution is 5.91. The topological polar surface area (TPSA) is 75.6 Å². The van der Waals surface area contributed by atoms with Gasteiger partial charge >= 0.3 is 6.18 Å². The van der Waals surface area contributed by atoms with Crippen LogP contribution in [0.25, 0.3) is 0 Å². The van der Waals surface area contributed by atoms with Crippen LogP contribution in [0, 0.1) is 13.8 Å². The van der Waals surface area contributed by atoms with Gasteiger partial charge in [-0.1, -0.05) is 0 Å². The molecule has 2 aromatic rings. The molecule has 1 amide bonds. The van der Waals surface area contributed by atoms with Crippen molar-refractivity contribution in [3.05, 3.63) is 29.3 Å². The number of hydrogen-bond acceptors (Lipinski definition) is 3. The van der Waals surface area contributed by atoms with Crippen molar-refractivity contribution in [1.29, 1.82) is 0 Å². The summed E-state index contributed by atoms with van der Waals surface area (Å²) in [4.78, 5) is 11.7. The summed E-state index contributed by atoms with van der Waals surface area (Å²) in [7, 11) is 0. The molecule has 0 bridgehead atoms. The van der Waals surface area contributed by atoms with Crippen LogP contribution < -0.4 is 5.32 Å². The second kappa shape index (κ2) is 4.99. The van der Waals surface area contributed by atoms with Crippen molar-refractivity contribution < 1.29 is 18.0 Å². The van der Waals surface area contributed by atoms with Crippen molar-refractivity contribution in [2.24, 2.45) is 0 Å². The molecular weight excluding hydrogens is 275 g/mol. The van der Waals surface area contributed by atoms with E-state index in [0.29, 0.717) is 0 Å². The number of hydrogen-bond donors (Lipinski definition) is 2. The van der Waals surface area contributed by atoms with Crippen molar-refractivity contribution in [3.63, 3.8) is 0 Å². The number of carbonyl (C=O) groups is 1. The summed E-state index contributed by atoms with van der Waals surface area (Å²) < 4.78 is 39.4. The van der Waals surface area contributed by atoms with Gasteiger partial charge in [0, 0.05) is 6.20 Å². The summed E-state index contributed by atoms with van der Waals surface area (Å²) in [5, 5.41) is 11.5. The normalized spacial score (nSPS) is 11.7.